The third-order valence-corrected chi connectivity index (χ3v) is 5.13. The van der Waals surface area contributed by atoms with Gasteiger partial charge in [-0.15, -0.1) is 10.2 Å². The average Bonchev–Trinajstić information content (AvgIpc) is 3.19. The van der Waals surface area contributed by atoms with Crippen LogP contribution in [0.15, 0.2) is 71.5 Å². The topological polar surface area (TPSA) is 69.9 Å². The monoisotopic (exact) mass is 426 g/mol. The smallest absolute Gasteiger partial charge is 0.267 e. The number of alkyl halides is 1. The molecule has 0 spiro atoms. The molecular formula is C20H16FN4O2PS. The third kappa shape index (κ3) is 4.72. The van der Waals surface area contributed by atoms with Crippen molar-refractivity contribution < 1.29 is 9.13 Å². The van der Waals surface area contributed by atoms with E-state index in [4.69, 9.17) is 4.74 Å². The zero-order chi connectivity index (χ0) is 20.2. The normalized spacial score (nSPS) is 11.9. The predicted octanol–water partition coefficient (Wildman–Crippen LogP) is 3.98. The molecule has 4 rings (SSSR count). The minimum Gasteiger partial charge on any atom is -0.457 e. The van der Waals surface area contributed by atoms with Crippen LogP contribution in [0.25, 0.3) is 21.8 Å². The van der Waals surface area contributed by atoms with Crippen molar-refractivity contribution in [2.45, 2.75) is 12.6 Å². The van der Waals surface area contributed by atoms with E-state index in [1.807, 2.05) is 39.6 Å². The first-order valence-corrected chi connectivity index (χ1v) is 10.2. The van der Waals surface area contributed by atoms with Crippen LogP contribution in [-0.2, 0) is 6.54 Å². The largest absolute Gasteiger partial charge is 0.457 e. The fourth-order valence-electron chi connectivity index (χ4n) is 2.69. The second-order valence-corrected chi connectivity index (χ2v) is 7.66. The van der Waals surface area contributed by atoms with Gasteiger partial charge in [-0.25, -0.2) is 4.68 Å². The molecule has 0 saturated heterocycles. The number of aromatic nitrogens is 4. The van der Waals surface area contributed by atoms with E-state index in [0.29, 0.717) is 16.5 Å². The Labute approximate surface area is 172 Å². The van der Waals surface area contributed by atoms with Crippen molar-refractivity contribution in [1.29, 1.82) is 0 Å². The van der Waals surface area contributed by atoms with Gasteiger partial charge in [0.25, 0.3) is 5.56 Å². The van der Waals surface area contributed by atoms with Crippen molar-refractivity contribution in [2.75, 3.05) is 0 Å². The number of hydrogen-bond acceptors (Lipinski definition) is 6. The molecule has 0 aliphatic rings. The Morgan fingerprint density at radius 3 is 2.48 bits per heavy atom. The fraction of sp³-hybridized carbons (Fsp3) is 0.100. The molecule has 6 nitrogen and oxygen atoms in total. The highest BCUT2D eigenvalue weighted by atomic mass is 32.1. The Balaban J connectivity index is 1.56. The van der Waals surface area contributed by atoms with E-state index in [9.17, 15) is 9.18 Å². The fourth-order valence-corrected chi connectivity index (χ4v) is 3.68. The van der Waals surface area contributed by atoms with Gasteiger partial charge in [-0.3, -0.25) is 4.79 Å². The summed E-state index contributed by atoms with van der Waals surface area (Å²) in [5.41, 5.74) is 2.15. The standard InChI is InChI=1S/C20H16FN4O2PS/c21-20(28)27-15-8-6-13(7-9-15)16-10-11-18(26)25(24-16)12-17-22-23-19(29-17)14-4-2-1-3-5-14/h1-11,20H,12,28H2. The molecule has 0 aliphatic carbocycles. The quantitative estimate of drug-likeness (QED) is 0.436. The van der Waals surface area contributed by atoms with Gasteiger partial charge >= 0.3 is 0 Å². The second-order valence-electron chi connectivity index (χ2n) is 6.07. The maximum Gasteiger partial charge on any atom is 0.267 e. The van der Waals surface area contributed by atoms with E-state index >= 15 is 0 Å². The molecule has 2 atom stereocenters. The third-order valence-electron chi connectivity index (χ3n) is 4.04. The summed E-state index contributed by atoms with van der Waals surface area (Å²) in [6.45, 7) is 0.231. The molecule has 0 bridgehead atoms. The lowest BCUT2D eigenvalue weighted by atomic mass is 10.1. The Morgan fingerprint density at radius 2 is 1.76 bits per heavy atom. The van der Waals surface area contributed by atoms with Crippen molar-refractivity contribution in [3.63, 3.8) is 0 Å². The Bertz CT molecular complexity index is 1160. The molecule has 0 aliphatic heterocycles. The molecule has 0 N–H and O–H groups in total. The van der Waals surface area contributed by atoms with E-state index in [1.54, 1.807) is 30.3 Å². The van der Waals surface area contributed by atoms with Crippen molar-refractivity contribution in [3.05, 3.63) is 82.1 Å². The lowest BCUT2D eigenvalue weighted by Gasteiger charge is -2.08. The van der Waals surface area contributed by atoms with Crippen molar-refractivity contribution in [1.82, 2.24) is 20.0 Å². The highest BCUT2D eigenvalue weighted by molar-refractivity contribution is 7.16. The van der Waals surface area contributed by atoms with Gasteiger partial charge in [0.2, 0.25) is 6.10 Å². The summed E-state index contributed by atoms with van der Waals surface area (Å²) in [6.07, 6.45) is -1.46. The van der Waals surface area contributed by atoms with E-state index in [2.05, 4.69) is 15.3 Å². The molecule has 2 unspecified atom stereocenters. The molecule has 0 radical (unpaired) electrons. The van der Waals surface area contributed by atoms with Gasteiger partial charge in [-0.1, -0.05) is 50.9 Å². The van der Waals surface area contributed by atoms with Gasteiger partial charge in [-0.2, -0.15) is 9.49 Å². The van der Waals surface area contributed by atoms with Crippen LogP contribution in [-0.4, -0.2) is 26.1 Å². The van der Waals surface area contributed by atoms with Crippen LogP contribution in [0.2, 0.25) is 0 Å². The molecule has 9 heteroatoms. The van der Waals surface area contributed by atoms with Gasteiger partial charge < -0.3 is 4.74 Å². The van der Waals surface area contributed by atoms with Crippen LogP contribution < -0.4 is 10.3 Å². The highest BCUT2D eigenvalue weighted by Gasteiger charge is 2.10. The maximum atomic E-state index is 12.9. The predicted molar refractivity (Wildman–Crippen MR) is 114 cm³/mol. The Kier molecular flexibility index (Phi) is 5.74. The summed E-state index contributed by atoms with van der Waals surface area (Å²) < 4.78 is 19.2. The first-order valence-electron chi connectivity index (χ1n) is 8.71. The number of halogens is 1. The van der Waals surface area contributed by atoms with Crippen LogP contribution in [0.1, 0.15) is 5.01 Å². The lowest BCUT2D eigenvalue weighted by Crippen LogP contribution is -2.22. The molecule has 4 aromatic rings. The van der Waals surface area contributed by atoms with Crippen LogP contribution in [0, 0.1) is 0 Å². The molecule has 2 aromatic carbocycles. The summed E-state index contributed by atoms with van der Waals surface area (Å²) in [6, 6.07) is 19.7. The summed E-state index contributed by atoms with van der Waals surface area (Å²) in [5.74, 6) is 0.409. The maximum absolute atomic E-state index is 12.9. The molecule has 0 saturated carbocycles. The SMILES string of the molecule is O=c1ccc(-c2ccc(OC(F)P)cc2)nn1Cc1nnc(-c2ccccc2)s1. The Hall–Kier alpha value is -2.96. The first kappa shape index (κ1) is 19.4. The molecular weight excluding hydrogens is 410 g/mol. The summed E-state index contributed by atoms with van der Waals surface area (Å²) in [7, 11) is 1.93. The number of ether oxygens (including phenoxy) is 1. The van der Waals surface area contributed by atoms with Gasteiger partial charge in [0.15, 0.2) is 0 Å². The van der Waals surface area contributed by atoms with Crippen LogP contribution in [0.5, 0.6) is 5.75 Å². The molecule has 2 heterocycles. The van der Waals surface area contributed by atoms with Crippen LogP contribution in [0.3, 0.4) is 0 Å². The Morgan fingerprint density at radius 1 is 1.00 bits per heavy atom. The van der Waals surface area contributed by atoms with E-state index < -0.39 is 6.10 Å². The number of nitrogens with zero attached hydrogens (tertiary/aromatic N) is 4. The zero-order valence-corrected chi connectivity index (χ0v) is 17.1. The first-order chi connectivity index (χ1) is 14.1. The lowest BCUT2D eigenvalue weighted by molar-refractivity contribution is 0.153. The average molecular weight is 426 g/mol. The summed E-state index contributed by atoms with van der Waals surface area (Å²) in [4.78, 5) is 12.3. The van der Waals surface area contributed by atoms with E-state index in [0.717, 1.165) is 16.1 Å². The van der Waals surface area contributed by atoms with Gasteiger partial charge in [-0.05, 0) is 30.3 Å². The molecule has 146 valence electrons. The number of benzene rings is 2. The summed E-state index contributed by atoms with van der Waals surface area (Å²) >= 11 is 1.42. The summed E-state index contributed by atoms with van der Waals surface area (Å²) in [5, 5.41) is 14.3. The minimum absolute atomic E-state index is 0.228. The van der Waals surface area contributed by atoms with Crippen LogP contribution in [0.4, 0.5) is 4.39 Å². The van der Waals surface area contributed by atoms with Gasteiger partial charge in [0, 0.05) is 17.2 Å². The van der Waals surface area contributed by atoms with E-state index in [-0.39, 0.29) is 12.1 Å². The van der Waals surface area contributed by atoms with Crippen molar-refractivity contribution in [2.24, 2.45) is 0 Å². The zero-order valence-electron chi connectivity index (χ0n) is 15.1. The molecule has 0 fully saturated rings. The highest BCUT2D eigenvalue weighted by Crippen LogP contribution is 2.24. The number of hydrogen-bond donors (Lipinski definition) is 0. The van der Waals surface area contributed by atoms with Gasteiger partial charge in [0.1, 0.15) is 15.8 Å². The van der Waals surface area contributed by atoms with Crippen LogP contribution >= 0.6 is 20.6 Å². The van der Waals surface area contributed by atoms with Crippen molar-refractivity contribution >= 4 is 20.6 Å². The number of rotatable bonds is 6. The van der Waals surface area contributed by atoms with E-state index in [1.165, 1.54) is 22.1 Å². The minimum atomic E-state index is -1.46. The van der Waals surface area contributed by atoms with Crippen molar-refractivity contribution in [3.8, 4) is 27.6 Å². The molecule has 2 aromatic heterocycles. The second kappa shape index (κ2) is 8.59. The molecule has 29 heavy (non-hydrogen) atoms. The van der Waals surface area contributed by atoms with Gasteiger partial charge in [0.05, 0.1) is 12.2 Å². The molecule has 0 amide bonds.